The Morgan fingerprint density at radius 1 is 1.63 bits per heavy atom. The lowest BCUT2D eigenvalue weighted by molar-refractivity contribution is -0.385. The molecule has 1 atom stereocenters. The lowest BCUT2D eigenvalue weighted by atomic mass is 10.1. The summed E-state index contributed by atoms with van der Waals surface area (Å²) in [5, 5.41) is 23.0. The summed E-state index contributed by atoms with van der Waals surface area (Å²) in [6, 6.07) is 5.01. The molecule has 2 rings (SSSR count). The Bertz CT molecular complexity index is 519. The molecular formula is C12H15N5O2. The van der Waals surface area contributed by atoms with E-state index in [1.165, 1.54) is 6.07 Å². The van der Waals surface area contributed by atoms with E-state index < -0.39 is 4.92 Å². The zero-order valence-electron chi connectivity index (χ0n) is 10.7. The van der Waals surface area contributed by atoms with Gasteiger partial charge in [-0.1, -0.05) is 0 Å². The summed E-state index contributed by atoms with van der Waals surface area (Å²) < 4.78 is 0. The highest BCUT2D eigenvalue weighted by Crippen LogP contribution is 2.22. The topological polar surface area (TPSA) is 95.1 Å². The fourth-order valence-electron chi connectivity index (χ4n) is 2.22. The Morgan fingerprint density at radius 2 is 2.42 bits per heavy atom. The molecule has 0 amide bonds. The summed E-state index contributed by atoms with van der Waals surface area (Å²) in [6.07, 6.45) is 2.14. The van der Waals surface area contributed by atoms with Crippen LogP contribution in [-0.4, -0.2) is 36.1 Å². The molecular weight excluding hydrogens is 246 g/mol. The van der Waals surface area contributed by atoms with E-state index in [0.717, 1.165) is 25.9 Å². The minimum atomic E-state index is -0.586. The molecule has 1 aromatic rings. The number of rotatable bonds is 3. The average Bonchev–Trinajstić information content (AvgIpc) is 2.46. The molecule has 2 heterocycles. The number of pyridine rings is 1. The summed E-state index contributed by atoms with van der Waals surface area (Å²) in [6.45, 7) is 1.87. The van der Waals surface area contributed by atoms with E-state index in [4.69, 9.17) is 5.26 Å². The van der Waals surface area contributed by atoms with Crippen molar-refractivity contribution in [3.05, 3.63) is 27.9 Å². The third-order valence-electron chi connectivity index (χ3n) is 3.34. The SMILES string of the molecule is CN(c1ccc([N+](=O)[O-])c(C#N)n1)C1CCCNC1. The summed E-state index contributed by atoms with van der Waals surface area (Å²) in [5.74, 6) is 0.593. The molecule has 7 nitrogen and oxygen atoms in total. The number of piperidine rings is 1. The predicted octanol–water partition coefficient (Wildman–Crippen LogP) is 1.05. The van der Waals surface area contributed by atoms with Crippen LogP contribution >= 0.6 is 0 Å². The summed E-state index contributed by atoms with van der Waals surface area (Å²) in [5.41, 5.74) is -0.389. The third-order valence-corrected chi connectivity index (χ3v) is 3.34. The van der Waals surface area contributed by atoms with Gasteiger partial charge in [0.2, 0.25) is 5.69 Å². The molecule has 19 heavy (non-hydrogen) atoms. The summed E-state index contributed by atoms with van der Waals surface area (Å²) in [7, 11) is 1.90. The van der Waals surface area contributed by atoms with E-state index in [1.807, 2.05) is 11.9 Å². The van der Waals surface area contributed by atoms with Crippen molar-refractivity contribution in [2.45, 2.75) is 18.9 Å². The van der Waals surface area contributed by atoms with E-state index in [0.29, 0.717) is 11.9 Å². The molecule has 1 aliphatic rings. The molecule has 0 bridgehead atoms. The number of aromatic nitrogens is 1. The summed E-state index contributed by atoms with van der Waals surface area (Å²) >= 11 is 0. The number of hydrogen-bond acceptors (Lipinski definition) is 6. The smallest absolute Gasteiger partial charge is 0.305 e. The Hall–Kier alpha value is -2.20. The van der Waals surface area contributed by atoms with Crippen LogP contribution in [0.1, 0.15) is 18.5 Å². The Labute approximate surface area is 111 Å². The van der Waals surface area contributed by atoms with Gasteiger partial charge in [-0.15, -0.1) is 0 Å². The first kappa shape index (κ1) is 13.2. The van der Waals surface area contributed by atoms with E-state index in [9.17, 15) is 10.1 Å². The van der Waals surface area contributed by atoms with Crippen LogP contribution < -0.4 is 10.2 Å². The number of anilines is 1. The van der Waals surface area contributed by atoms with Gasteiger partial charge in [0.15, 0.2) is 0 Å². The molecule has 1 unspecified atom stereocenters. The molecule has 0 aliphatic carbocycles. The Balaban J connectivity index is 2.25. The normalized spacial score (nSPS) is 18.6. The van der Waals surface area contributed by atoms with E-state index in [2.05, 4.69) is 10.3 Å². The molecule has 0 saturated carbocycles. The number of nitrogens with one attached hydrogen (secondary N) is 1. The largest absolute Gasteiger partial charge is 0.355 e. The second kappa shape index (κ2) is 5.63. The van der Waals surface area contributed by atoms with Crippen LogP contribution in [0.2, 0.25) is 0 Å². The van der Waals surface area contributed by atoms with Crippen molar-refractivity contribution in [1.82, 2.24) is 10.3 Å². The Morgan fingerprint density at radius 3 is 3.00 bits per heavy atom. The quantitative estimate of drug-likeness (QED) is 0.645. The van der Waals surface area contributed by atoms with E-state index >= 15 is 0 Å². The minimum Gasteiger partial charge on any atom is -0.355 e. The maximum absolute atomic E-state index is 10.8. The zero-order chi connectivity index (χ0) is 13.8. The number of nitrogens with zero attached hydrogens (tertiary/aromatic N) is 4. The van der Waals surface area contributed by atoms with Gasteiger partial charge in [0.1, 0.15) is 11.9 Å². The van der Waals surface area contributed by atoms with Crippen LogP contribution in [0, 0.1) is 21.4 Å². The van der Waals surface area contributed by atoms with Crippen LogP contribution in [-0.2, 0) is 0 Å². The van der Waals surface area contributed by atoms with Gasteiger partial charge in [0, 0.05) is 25.7 Å². The molecule has 100 valence electrons. The first-order valence-corrected chi connectivity index (χ1v) is 6.12. The highest BCUT2D eigenvalue weighted by molar-refractivity contribution is 5.51. The molecule has 1 saturated heterocycles. The highest BCUT2D eigenvalue weighted by Gasteiger charge is 2.22. The second-order valence-corrected chi connectivity index (χ2v) is 4.52. The number of likely N-dealkylation sites (N-methyl/N-ethyl adjacent to an activating group) is 1. The first-order valence-electron chi connectivity index (χ1n) is 6.12. The highest BCUT2D eigenvalue weighted by atomic mass is 16.6. The van der Waals surface area contributed by atoms with Crippen molar-refractivity contribution < 1.29 is 4.92 Å². The van der Waals surface area contributed by atoms with Crippen molar-refractivity contribution >= 4 is 11.5 Å². The van der Waals surface area contributed by atoms with Crippen molar-refractivity contribution in [1.29, 1.82) is 5.26 Å². The van der Waals surface area contributed by atoms with Gasteiger partial charge in [-0.25, -0.2) is 4.98 Å². The van der Waals surface area contributed by atoms with Gasteiger partial charge in [0.05, 0.1) is 4.92 Å². The predicted molar refractivity (Wildman–Crippen MR) is 69.9 cm³/mol. The van der Waals surface area contributed by atoms with E-state index in [-0.39, 0.29) is 11.4 Å². The van der Waals surface area contributed by atoms with Crippen LogP contribution in [0.4, 0.5) is 11.5 Å². The second-order valence-electron chi connectivity index (χ2n) is 4.52. The van der Waals surface area contributed by atoms with Crippen LogP contribution in [0.3, 0.4) is 0 Å². The van der Waals surface area contributed by atoms with Crippen LogP contribution in [0.25, 0.3) is 0 Å². The fraction of sp³-hybridized carbons (Fsp3) is 0.500. The molecule has 7 heteroatoms. The maximum atomic E-state index is 10.8. The van der Waals surface area contributed by atoms with Gasteiger partial charge in [-0.05, 0) is 25.5 Å². The standard InChI is InChI=1S/C12H15N5O2/c1-16(9-3-2-6-14-8-9)12-5-4-11(17(18)19)10(7-13)15-12/h4-5,9,14H,2-3,6,8H2,1H3. The van der Waals surface area contributed by atoms with Gasteiger partial charge >= 0.3 is 5.69 Å². The molecule has 1 aliphatic heterocycles. The summed E-state index contributed by atoms with van der Waals surface area (Å²) in [4.78, 5) is 16.2. The van der Waals surface area contributed by atoms with E-state index in [1.54, 1.807) is 12.1 Å². The van der Waals surface area contributed by atoms with Crippen molar-refractivity contribution in [3.63, 3.8) is 0 Å². The Kier molecular flexibility index (Phi) is 3.92. The first-order chi connectivity index (χ1) is 9.13. The zero-order valence-corrected chi connectivity index (χ0v) is 10.7. The molecule has 0 radical (unpaired) electrons. The van der Waals surface area contributed by atoms with Crippen molar-refractivity contribution in [2.75, 3.05) is 25.0 Å². The van der Waals surface area contributed by atoms with Gasteiger partial charge in [0.25, 0.3) is 0 Å². The van der Waals surface area contributed by atoms with Crippen LogP contribution in [0.5, 0.6) is 0 Å². The number of hydrogen-bond donors (Lipinski definition) is 1. The third kappa shape index (κ3) is 2.80. The lowest BCUT2D eigenvalue weighted by Crippen LogP contribution is -2.44. The van der Waals surface area contributed by atoms with Gasteiger partial charge in [-0.2, -0.15) is 5.26 Å². The number of nitriles is 1. The van der Waals surface area contributed by atoms with Gasteiger partial charge < -0.3 is 10.2 Å². The molecule has 0 spiro atoms. The average molecular weight is 261 g/mol. The molecule has 1 aromatic heterocycles. The van der Waals surface area contributed by atoms with Crippen molar-refractivity contribution in [2.24, 2.45) is 0 Å². The fourth-order valence-corrected chi connectivity index (χ4v) is 2.22. The molecule has 0 aromatic carbocycles. The molecule has 1 N–H and O–H groups in total. The monoisotopic (exact) mass is 261 g/mol. The van der Waals surface area contributed by atoms with Crippen LogP contribution in [0.15, 0.2) is 12.1 Å². The maximum Gasteiger partial charge on any atom is 0.305 e. The minimum absolute atomic E-state index is 0.141. The molecule has 1 fully saturated rings. The van der Waals surface area contributed by atoms with Gasteiger partial charge in [-0.3, -0.25) is 10.1 Å². The lowest BCUT2D eigenvalue weighted by Gasteiger charge is -2.32. The van der Waals surface area contributed by atoms with Crippen molar-refractivity contribution in [3.8, 4) is 6.07 Å². The number of nitro groups is 1.